The molecule has 1 aromatic carbocycles. The van der Waals surface area contributed by atoms with Gasteiger partial charge in [-0.3, -0.25) is 0 Å². The van der Waals surface area contributed by atoms with Gasteiger partial charge in [0.1, 0.15) is 11.3 Å². The molecule has 0 bridgehead atoms. The zero-order valence-electron chi connectivity index (χ0n) is 9.30. The fourth-order valence-corrected chi connectivity index (χ4v) is 2.39. The highest BCUT2D eigenvalue weighted by molar-refractivity contribution is 7.18. The minimum atomic E-state index is 0.688. The summed E-state index contributed by atoms with van der Waals surface area (Å²) < 4.78 is 6.25. The Labute approximate surface area is 98.9 Å². The number of methoxy groups -OCH3 is 1. The molecule has 15 heavy (non-hydrogen) atoms. The first kappa shape index (κ1) is 12.3. The summed E-state index contributed by atoms with van der Waals surface area (Å²) in [6, 6.07) is 3.69. The average Bonchev–Trinajstić information content (AvgIpc) is 2.60. The quantitative estimate of drug-likeness (QED) is 0.745. The van der Waals surface area contributed by atoms with E-state index in [4.69, 9.17) is 16.3 Å². The van der Waals surface area contributed by atoms with E-state index >= 15 is 0 Å². The first-order chi connectivity index (χ1) is 7.20. The van der Waals surface area contributed by atoms with Crippen LogP contribution < -0.4 is 4.74 Å². The maximum absolute atomic E-state index is 5.91. The zero-order chi connectivity index (χ0) is 11.4. The van der Waals surface area contributed by atoms with Gasteiger partial charge in [-0.15, -0.1) is 11.3 Å². The Morgan fingerprint density at radius 1 is 1.33 bits per heavy atom. The van der Waals surface area contributed by atoms with Crippen molar-refractivity contribution in [3.63, 3.8) is 0 Å². The van der Waals surface area contributed by atoms with E-state index in [0.29, 0.717) is 5.02 Å². The topological polar surface area (TPSA) is 22.1 Å². The second-order valence-electron chi connectivity index (χ2n) is 2.69. The van der Waals surface area contributed by atoms with Crippen LogP contribution in [-0.2, 0) is 0 Å². The summed E-state index contributed by atoms with van der Waals surface area (Å²) in [7, 11) is 1.62. The number of thiazole rings is 1. The van der Waals surface area contributed by atoms with Crippen molar-refractivity contribution in [3.05, 3.63) is 22.2 Å². The molecule has 0 aliphatic rings. The third-order valence-electron chi connectivity index (χ3n) is 1.75. The molecule has 1 heterocycles. The van der Waals surface area contributed by atoms with Gasteiger partial charge in [-0.1, -0.05) is 25.4 Å². The first-order valence-corrected chi connectivity index (χ1v) is 6.01. The number of aryl methyl sites for hydroxylation is 1. The van der Waals surface area contributed by atoms with E-state index in [1.165, 1.54) is 0 Å². The first-order valence-electron chi connectivity index (χ1n) is 4.81. The Balaban J connectivity index is 0.000000531. The van der Waals surface area contributed by atoms with Gasteiger partial charge in [-0.2, -0.15) is 0 Å². The van der Waals surface area contributed by atoms with Crippen LogP contribution in [0.4, 0.5) is 0 Å². The summed E-state index contributed by atoms with van der Waals surface area (Å²) >= 11 is 7.53. The van der Waals surface area contributed by atoms with Gasteiger partial charge >= 0.3 is 0 Å². The lowest BCUT2D eigenvalue weighted by molar-refractivity contribution is 0.419. The molecule has 0 atom stereocenters. The van der Waals surface area contributed by atoms with Gasteiger partial charge in [0.15, 0.2) is 0 Å². The van der Waals surface area contributed by atoms with Crippen LogP contribution >= 0.6 is 22.9 Å². The fourth-order valence-electron chi connectivity index (χ4n) is 1.23. The Hall–Kier alpha value is -0.800. The SMILES string of the molecule is CC.COc1cc(Cl)cc2sc(C)nc12. The normalized spacial score (nSPS) is 9.67. The highest BCUT2D eigenvalue weighted by Gasteiger charge is 2.07. The summed E-state index contributed by atoms with van der Waals surface area (Å²) in [6.45, 7) is 5.97. The van der Waals surface area contributed by atoms with Gasteiger partial charge in [0, 0.05) is 11.1 Å². The molecule has 0 fully saturated rings. The molecule has 0 unspecified atom stereocenters. The number of aromatic nitrogens is 1. The van der Waals surface area contributed by atoms with Gasteiger partial charge in [0.05, 0.1) is 16.8 Å². The fraction of sp³-hybridized carbons (Fsp3) is 0.364. The third-order valence-corrected chi connectivity index (χ3v) is 2.89. The number of halogens is 1. The average molecular weight is 244 g/mol. The Morgan fingerprint density at radius 3 is 2.60 bits per heavy atom. The number of benzene rings is 1. The molecular weight excluding hydrogens is 230 g/mol. The van der Waals surface area contributed by atoms with Crippen LogP contribution in [-0.4, -0.2) is 12.1 Å². The largest absolute Gasteiger partial charge is 0.494 e. The standard InChI is InChI=1S/C9H8ClNOS.C2H6/c1-5-11-9-7(12-2)3-6(10)4-8(9)13-5;1-2/h3-4H,1-2H3;1-2H3. The van der Waals surface area contributed by atoms with Crippen molar-refractivity contribution in [2.24, 2.45) is 0 Å². The molecule has 0 saturated heterocycles. The maximum atomic E-state index is 5.91. The van der Waals surface area contributed by atoms with Crippen molar-refractivity contribution in [1.29, 1.82) is 0 Å². The van der Waals surface area contributed by atoms with Gasteiger partial charge in [-0.05, 0) is 13.0 Å². The van der Waals surface area contributed by atoms with Gasteiger partial charge < -0.3 is 4.74 Å². The van der Waals surface area contributed by atoms with E-state index in [9.17, 15) is 0 Å². The second-order valence-corrected chi connectivity index (χ2v) is 4.36. The highest BCUT2D eigenvalue weighted by atomic mass is 35.5. The number of rotatable bonds is 1. The van der Waals surface area contributed by atoms with Crippen molar-refractivity contribution >= 4 is 33.2 Å². The molecule has 2 rings (SSSR count). The number of hydrogen-bond donors (Lipinski definition) is 0. The molecule has 0 aliphatic heterocycles. The van der Waals surface area contributed by atoms with E-state index in [1.807, 2.05) is 26.8 Å². The molecule has 0 aliphatic carbocycles. The zero-order valence-corrected chi connectivity index (χ0v) is 10.9. The molecule has 4 heteroatoms. The molecule has 0 spiro atoms. The van der Waals surface area contributed by atoms with Gasteiger partial charge in [0.25, 0.3) is 0 Å². The molecule has 0 saturated carbocycles. The van der Waals surface area contributed by atoms with Crippen molar-refractivity contribution < 1.29 is 4.74 Å². The highest BCUT2D eigenvalue weighted by Crippen LogP contribution is 2.32. The number of hydrogen-bond acceptors (Lipinski definition) is 3. The molecule has 2 nitrogen and oxygen atoms in total. The van der Waals surface area contributed by atoms with E-state index < -0.39 is 0 Å². The van der Waals surface area contributed by atoms with Gasteiger partial charge in [-0.25, -0.2) is 4.98 Å². The molecule has 2 aromatic rings. The van der Waals surface area contributed by atoms with Crippen molar-refractivity contribution in [1.82, 2.24) is 4.98 Å². The molecule has 1 aromatic heterocycles. The lowest BCUT2D eigenvalue weighted by Gasteiger charge is -2.00. The molecule has 0 radical (unpaired) electrons. The molecular formula is C11H14ClNOS. The number of fused-ring (bicyclic) bond motifs is 1. The predicted molar refractivity (Wildman–Crippen MR) is 67.3 cm³/mol. The maximum Gasteiger partial charge on any atom is 0.147 e. The Morgan fingerprint density at radius 2 is 2.00 bits per heavy atom. The molecule has 0 amide bonds. The van der Waals surface area contributed by atoms with Crippen LogP contribution in [0.25, 0.3) is 10.2 Å². The smallest absolute Gasteiger partial charge is 0.147 e. The summed E-state index contributed by atoms with van der Waals surface area (Å²) in [5.74, 6) is 0.742. The minimum Gasteiger partial charge on any atom is -0.494 e. The lowest BCUT2D eigenvalue weighted by atomic mass is 10.3. The van der Waals surface area contributed by atoms with Crippen LogP contribution in [0.3, 0.4) is 0 Å². The van der Waals surface area contributed by atoms with Crippen molar-refractivity contribution in [2.75, 3.05) is 7.11 Å². The van der Waals surface area contributed by atoms with Gasteiger partial charge in [0.2, 0.25) is 0 Å². The number of ether oxygens (including phenoxy) is 1. The predicted octanol–water partition coefficient (Wildman–Crippen LogP) is 4.29. The summed E-state index contributed by atoms with van der Waals surface area (Å²) in [4.78, 5) is 4.36. The molecule has 0 N–H and O–H groups in total. The van der Waals surface area contributed by atoms with Crippen molar-refractivity contribution in [3.8, 4) is 5.75 Å². The summed E-state index contributed by atoms with van der Waals surface area (Å²) in [5.41, 5.74) is 0.898. The third kappa shape index (κ3) is 2.61. The summed E-state index contributed by atoms with van der Waals surface area (Å²) in [6.07, 6.45) is 0. The van der Waals surface area contributed by atoms with Crippen molar-refractivity contribution in [2.45, 2.75) is 20.8 Å². The monoisotopic (exact) mass is 243 g/mol. The Kier molecular flexibility index (Phi) is 4.36. The van der Waals surface area contributed by atoms with E-state index in [-0.39, 0.29) is 0 Å². The van der Waals surface area contributed by atoms with E-state index in [0.717, 1.165) is 21.0 Å². The second kappa shape index (κ2) is 5.33. The van der Waals surface area contributed by atoms with Crippen LogP contribution in [0.1, 0.15) is 18.9 Å². The molecule has 82 valence electrons. The van der Waals surface area contributed by atoms with E-state index in [1.54, 1.807) is 24.5 Å². The number of nitrogens with zero attached hydrogens (tertiary/aromatic N) is 1. The Bertz CT molecular complexity index is 453. The van der Waals surface area contributed by atoms with E-state index in [2.05, 4.69) is 4.98 Å². The van der Waals surface area contributed by atoms with Crippen LogP contribution in [0.2, 0.25) is 5.02 Å². The minimum absolute atomic E-state index is 0.688. The lowest BCUT2D eigenvalue weighted by Crippen LogP contribution is -1.84. The van der Waals surface area contributed by atoms with Crippen LogP contribution in [0.5, 0.6) is 5.75 Å². The van der Waals surface area contributed by atoms with Crippen LogP contribution in [0.15, 0.2) is 12.1 Å². The van der Waals surface area contributed by atoms with Crippen LogP contribution in [0, 0.1) is 6.92 Å². The summed E-state index contributed by atoms with van der Waals surface area (Å²) in [5, 5.41) is 1.71.